The van der Waals surface area contributed by atoms with Crippen LogP contribution in [0.15, 0.2) is 35.3 Å². The van der Waals surface area contributed by atoms with E-state index >= 15 is 0 Å². The molecule has 0 bridgehead atoms. The van der Waals surface area contributed by atoms with Crippen LogP contribution < -0.4 is 5.32 Å². The van der Waals surface area contributed by atoms with E-state index in [9.17, 15) is 0 Å². The predicted molar refractivity (Wildman–Crippen MR) is 110 cm³/mol. The first-order valence-corrected chi connectivity index (χ1v) is 10.3. The third-order valence-corrected chi connectivity index (χ3v) is 5.52. The second-order valence-electron chi connectivity index (χ2n) is 7.48. The Morgan fingerprint density at radius 3 is 2.35 bits per heavy atom. The van der Waals surface area contributed by atoms with Crippen molar-refractivity contribution < 1.29 is 0 Å². The van der Waals surface area contributed by atoms with Crippen molar-refractivity contribution in [3.8, 4) is 0 Å². The number of benzene rings is 1. The first-order valence-electron chi connectivity index (χ1n) is 10.3. The summed E-state index contributed by atoms with van der Waals surface area (Å²) < 4.78 is 0. The molecule has 0 aromatic heterocycles. The molecule has 0 unspecified atom stereocenters. The second-order valence-corrected chi connectivity index (χ2v) is 7.48. The van der Waals surface area contributed by atoms with E-state index in [0.29, 0.717) is 0 Å². The van der Waals surface area contributed by atoms with E-state index in [1.165, 1.54) is 50.9 Å². The van der Waals surface area contributed by atoms with Crippen molar-refractivity contribution >= 4 is 5.96 Å². The largest absolute Gasteiger partial charge is 0.356 e. The highest BCUT2D eigenvalue weighted by atomic mass is 15.3. The van der Waals surface area contributed by atoms with Gasteiger partial charge < -0.3 is 15.1 Å². The van der Waals surface area contributed by atoms with Gasteiger partial charge in [-0.15, -0.1) is 0 Å². The van der Waals surface area contributed by atoms with E-state index in [4.69, 9.17) is 0 Å². The van der Waals surface area contributed by atoms with Crippen molar-refractivity contribution in [2.45, 2.75) is 32.2 Å². The normalized spacial score (nSPS) is 19.9. The van der Waals surface area contributed by atoms with E-state index in [2.05, 4.69) is 55.3 Å². The Balaban J connectivity index is 1.31. The molecule has 2 aliphatic heterocycles. The fourth-order valence-corrected chi connectivity index (χ4v) is 3.96. The van der Waals surface area contributed by atoms with Gasteiger partial charge in [0.15, 0.2) is 5.96 Å². The molecule has 0 spiro atoms. The third kappa shape index (κ3) is 5.99. The molecule has 0 saturated carbocycles. The van der Waals surface area contributed by atoms with Crippen LogP contribution >= 0.6 is 0 Å². The van der Waals surface area contributed by atoms with E-state index in [1.54, 1.807) is 0 Å². The number of unbranched alkanes of at least 4 members (excludes halogenated alkanes) is 1. The van der Waals surface area contributed by atoms with Crippen LogP contribution in [0.1, 0.15) is 31.2 Å². The number of guanidine groups is 1. The smallest absolute Gasteiger partial charge is 0.193 e. The number of piperazine rings is 1. The van der Waals surface area contributed by atoms with Gasteiger partial charge in [-0.3, -0.25) is 9.89 Å². The molecule has 0 amide bonds. The molecule has 2 fully saturated rings. The Bertz CT molecular complexity index is 531. The van der Waals surface area contributed by atoms with Gasteiger partial charge in [0.1, 0.15) is 0 Å². The second kappa shape index (κ2) is 10.5. The number of likely N-dealkylation sites (tertiary alicyclic amines) is 1. The van der Waals surface area contributed by atoms with Gasteiger partial charge in [0.25, 0.3) is 0 Å². The number of aliphatic imine (C=N–C) groups is 1. The van der Waals surface area contributed by atoms with Crippen LogP contribution in [-0.2, 0) is 6.54 Å². The summed E-state index contributed by atoms with van der Waals surface area (Å²) in [6.07, 6.45) is 5.29. The zero-order valence-corrected chi connectivity index (χ0v) is 16.4. The summed E-state index contributed by atoms with van der Waals surface area (Å²) in [7, 11) is 1.91. The van der Waals surface area contributed by atoms with E-state index in [0.717, 1.165) is 45.2 Å². The summed E-state index contributed by atoms with van der Waals surface area (Å²) in [4.78, 5) is 12.0. The van der Waals surface area contributed by atoms with Gasteiger partial charge in [0, 0.05) is 46.3 Å². The van der Waals surface area contributed by atoms with Crippen molar-refractivity contribution in [1.29, 1.82) is 0 Å². The Hall–Kier alpha value is -1.59. The Labute approximate surface area is 159 Å². The minimum atomic E-state index is 1.03. The fraction of sp³-hybridized carbons (Fsp3) is 0.667. The summed E-state index contributed by atoms with van der Waals surface area (Å²) in [5, 5.41) is 3.57. The minimum Gasteiger partial charge on any atom is -0.356 e. The highest BCUT2D eigenvalue weighted by molar-refractivity contribution is 5.79. The summed E-state index contributed by atoms with van der Waals surface area (Å²) in [6.45, 7) is 10.3. The Morgan fingerprint density at radius 2 is 1.65 bits per heavy atom. The maximum atomic E-state index is 4.50. The standard InChI is InChI=1S/C21H35N5/c1-22-21(23-11-5-6-12-24-13-7-8-14-24)26-17-15-25(16-18-26)19-20-9-3-2-4-10-20/h2-4,9-10H,5-8,11-19H2,1H3,(H,22,23). The topological polar surface area (TPSA) is 34.1 Å². The lowest BCUT2D eigenvalue weighted by atomic mass is 10.2. The van der Waals surface area contributed by atoms with Crippen LogP contribution in [0.3, 0.4) is 0 Å². The van der Waals surface area contributed by atoms with E-state index < -0.39 is 0 Å². The van der Waals surface area contributed by atoms with E-state index in [-0.39, 0.29) is 0 Å². The van der Waals surface area contributed by atoms with Gasteiger partial charge >= 0.3 is 0 Å². The summed E-state index contributed by atoms with van der Waals surface area (Å²) in [5.74, 6) is 1.07. The summed E-state index contributed by atoms with van der Waals surface area (Å²) in [6, 6.07) is 10.8. The van der Waals surface area contributed by atoms with Crippen LogP contribution in [0.2, 0.25) is 0 Å². The molecule has 2 saturated heterocycles. The van der Waals surface area contributed by atoms with Crippen molar-refractivity contribution in [2.75, 3.05) is 59.4 Å². The third-order valence-electron chi connectivity index (χ3n) is 5.52. The lowest BCUT2D eigenvalue weighted by Crippen LogP contribution is -2.52. The molecule has 1 aromatic rings. The number of nitrogens with zero attached hydrogens (tertiary/aromatic N) is 4. The molecule has 1 N–H and O–H groups in total. The van der Waals surface area contributed by atoms with Gasteiger partial charge in [-0.05, 0) is 50.9 Å². The van der Waals surface area contributed by atoms with Crippen molar-refractivity contribution in [1.82, 2.24) is 20.0 Å². The molecule has 3 rings (SSSR count). The Kier molecular flexibility index (Phi) is 7.77. The Morgan fingerprint density at radius 1 is 0.923 bits per heavy atom. The monoisotopic (exact) mass is 357 g/mol. The highest BCUT2D eigenvalue weighted by Gasteiger charge is 2.19. The fourth-order valence-electron chi connectivity index (χ4n) is 3.96. The SMILES string of the molecule is CN=C(NCCCCN1CCCC1)N1CCN(Cc2ccccc2)CC1. The molecule has 0 aliphatic carbocycles. The average molecular weight is 358 g/mol. The van der Waals surface area contributed by atoms with Crippen molar-refractivity contribution in [3.63, 3.8) is 0 Å². The maximum absolute atomic E-state index is 4.50. The summed E-state index contributed by atoms with van der Waals surface area (Å²) >= 11 is 0. The van der Waals surface area contributed by atoms with Crippen LogP contribution in [0.4, 0.5) is 0 Å². The molecule has 144 valence electrons. The van der Waals surface area contributed by atoms with Gasteiger partial charge in [0.05, 0.1) is 0 Å². The lowest BCUT2D eigenvalue weighted by molar-refractivity contribution is 0.172. The minimum absolute atomic E-state index is 1.03. The number of rotatable bonds is 7. The maximum Gasteiger partial charge on any atom is 0.193 e. The van der Waals surface area contributed by atoms with Crippen LogP contribution in [-0.4, -0.2) is 80.1 Å². The molecular formula is C21H35N5. The molecule has 5 nitrogen and oxygen atoms in total. The molecule has 0 radical (unpaired) electrons. The molecule has 0 atom stereocenters. The van der Waals surface area contributed by atoms with Crippen molar-refractivity contribution in [2.24, 2.45) is 4.99 Å². The summed E-state index contributed by atoms with van der Waals surface area (Å²) in [5.41, 5.74) is 1.40. The molecular weight excluding hydrogens is 322 g/mol. The quantitative estimate of drug-likeness (QED) is 0.461. The van der Waals surface area contributed by atoms with Gasteiger partial charge in [0.2, 0.25) is 0 Å². The zero-order valence-electron chi connectivity index (χ0n) is 16.4. The number of hydrogen-bond acceptors (Lipinski definition) is 3. The first kappa shape index (κ1) is 19.2. The zero-order chi connectivity index (χ0) is 18.0. The van der Waals surface area contributed by atoms with E-state index in [1.807, 2.05) is 7.05 Å². The molecule has 1 aromatic carbocycles. The van der Waals surface area contributed by atoms with Gasteiger partial charge in [-0.1, -0.05) is 30.3 Å². The van der Waals surface area contributed by atoms with Crippen LogP contribution in [0, 0.1) is 0 Å². The first-order chi connectivity index (χ1) is 12.8. The lowest BCUT2D eigenvalue weighted by Gasteiger charge is -2.36. The van der Waals surface area contributed by atoms with Crippen LogP contribution in [0.5, 0.6) is 0 Å². The number of hydrogen-bond donors (Lipinski definition) is 1. The predicted octanol–water partition coefficient (Wildman–Crippen LogP) is 2.26. The average Bonchev–Trinajstić information content (AvgIpc) is 3.20. The molecule has 26 heavy (non-hydrogen) atoms. The van der Waals surface area contributed by atoms with Gasteiger partial charge in [-0.25, -0.2) is 0 Å². The van der Waals surface area contributed by atoms with Crippen LogP contribution in [0.25, 0.3) is 0 Å². The van der Waals surface area contributed by atoms with Crippen molar-refractivity contribution in [3.05, 3.63) is 35.9 Å². The van der Waals surface area contributed by atoms with Gasteiger partial charge in [-0.2, -0.15) is 0 Å². The number of nitrogens with one attached hydrogen (secondary N) is 1. The molecule has 5 heteroatoms. The molecule has 2 aliphatic rings. The highest BCUT2D eigenvalue weighted by Crippen LogP contribution is 2.09. The molecule has 2 heterocycles.